The van der Waals surface area contributed by atoms with Gasteiger partial charge in [0.05, 0.1) is 25.3 Å². The monoisotopic (exact) mass is 498 g/mol. The van der Waals surface area contributed by atoms with Crippen LogP contribution in [-0.4, -0.2) is 36.4 Å². The van der Waals surface area contributed by atoms with Crippen molar-refractivity contribution in [2.75, 3.05) is 23.9 Å². The fourth-order valence-electron chi connectivity index (χ4n) is 4.80. The molecule has 1 saturated heterocycles. The Kier molecular flexibility index (Phi) is 6.40. The fourth-order valence-corrected chi connectivity index (χ4v) is 4.80. The summed E-state index contributed by atoms with van der Waals surface area (Å²) in [5.74, 6) is -0.719. The van der Waals surface area contributed by atoms with Crippen LogP contribution in [0.15, 0.2) is 72.3 Å². The van der Waals surface area contributed by atoms with Crippen molar-refractivity contribution < 1.29 is 29.0 Å². The van der Waals surface area contributed by atoms with Gasteiger partial charge in [-0.15, -0.1) is 0 Å². The fraction of sp³-hybridized carbons (Fsp3) is 0.207. The first kappa shape index (κ1) is 24.1. The lowest BCUT2D eigenvalue weighted by molar-refractivity contribution is -0.132. The highest BCUT2D eigenvalue weighted by molar-refractivity contribution is 6.51. The first-order valence-electron chi connectivity index (χ1n) is 12.0. The Bertz CT molecular complexity index is 1430. The molecule has 2 heterocycles. The summed E-state index contributed by atoms with van der Waals surface area (Å²) >= 11 is 0. The van der Waals surface area contributed by atoms with E-state index in [0.717, 1.165) is 24.2 Å². The van der Waals surface area contributed by atoms with Gasteiger partial charge in [0.25, 0.3) is 11.7 Å². The average molecular weight is 499 g/mol. The Labute approximate surface area is 214 Å². The summed E-state index contributed by atoms with van der Waals surface area (Å²) in [6.45, 7) is 2.03. The highest BCUT2D eigenvalue weighted by atomic mass is 16.5. The molecule has 2 aliphatic rings. The number of ether oxygens (including phenoxy) is 2. The zero-order valence-electron chi connectivity index (χ0n) is 20.5. The Morgan fingerprint density at radius 2 is 1.86 bits per heavy atom. The SMILES string of the molecule is COc1ccc(C2/C(=C(/O)c3ccc4c(c3)CCCO4)C(=O)C(=O)N2c2cccc(NC(C)=O)c2)cc1. The van der Waals surface area contributed by atoms with Gasteiger partial charge in [-0.2, -0.15) is 0 Å². The van der Waals surface area contributed by atoms with Crippen LogP contribution in [0.25, 0.3) is 5.76 Å². The van der Waals surface area contributed by atoms with Gasteiger partial charge in [0, 0.05) is 23.9 Å². The maximum absolute atomic E-state index is 13.4. The minimum Gasteiger partial charge on any atom is -0.507 e. The normalized spacial score (nSPS) is 18.2. The van der Waals surface area contributed by atoms with Crippen molar-refractivity contribution in [2.24, 2.45) is 0 Å². The first-order valence-corrected chi connectivity index (χ1v) is 12.0. The highest BCUT2D eigenvalue weighted by Gasteiger charge is 2.47. The number of hydrogen-bond donors (Lipinski definition) is 2. The zero-order valence-corrected chi connectivity index (χ0v) is 20.5. The second kappa shape index (κ2) is 9.81. The van der Waals surface area contributed by atoms with Crippen molar-refractivity contribution in [3.05, 3.63) is 89.0 Å². The number of methoxy groups -OCH3 is 1. The molecule has 0 saturated carbocycles. The number of benzene rings is 3. The van der Waals surface area contributed by atoms with E-state index in [0.29, 0.717) is 34.9 Å². The van der Waals surface area contributed by atoms with Gasteiger partial charge in [-0.05, 0) is 72.5 Å². The van der Waals surface area contributed by atoms with Crippen molar-refractivity contribution in [1.29, 1.82) is 0 Å². The number of ketones is 1. The van der Waals surface area contributed by atoms with E-state index in [9.17, 15) is 19.5 Å². The smallest absolute Gasteiger partial charge is 0.300 e. The van der Waals surface area contributed by atoms with E-state index in [1.165, 1.54) is 11.8 Å². The van der Waals surface area contributed by atoms with E-state index in [2.05, 4.69) is 5.32 Å². The van der Waals surface area contributed by atoms with Gasteiger partial charge in [-0.3, -0.25) is 19.3 Å². The molecular formula is C29H26N2O6. The van der Waals surface area contributed by atoms with Gasteiger partial charge in [0.1, 0.15) is 17.3 Å². The van der Waals surface area contributed by atoms with Crippen LogP contribution in [-0.2, 0) is 20.8 Å². The summed E-state index contributed by atoms with van der Waals surface area (Å²) in [5.41, 5.74) is 2.87. The molecule has 8 nitrogen and oxygen atoms in total. The minimum atomic E-state index is -0.897. The van der Waals surface area contributed by atoms with Gasteiger partial charge < -0.3 is 19.9 Å². The third-order valence-corrected chi connectivity index (χ3v) is 6.50. The highest BCUT2D eigenvalue weighted by Crippen LogP contribution is 2.43. The van der Waals surface area contributed by atoms with E-state index < -0.39 is 17.7 Å². The first-order chi connectivity index (χ1) is 17.9. The Morgan fingerprint density at radius 1 is 1.08 bits per heavy atom. The van der Waals surface area contributed by atoms with Gasteiger partial charge in [-0.25, -0.2) is 0 Å². The molecule has 2 N–H and O–H groups in total. The average Bonchev–Trinajstić information content (AvgIpc) is 3.18. The number of aliphatic hydroxyl groups excluding tert-OH is 1. The summed E-state index contributed by atoms with van der Waals surface area (Å²) in [5, 5.41) is 14.1. The van der Waals surface area contributed by atoms with Gasteiger partial charge in [-0.1, -0.05) is 18.2 Å². The largest absolute Gasteiger partial charge is 0.507 e. The maximum Gasteiger partial charge on any atom is 0.300 e. The lowest BCUT2D eigenvalue weighted by Gasteiger charge is -2.26. The summed E-state index contributed by atoms with van der Waals surface area (Å²) < 4.78 is 11.0. The maximum atomic E-state index is 13.4. The van der Waals surface area contributed by atoms with E-state index in [1.54, 1.807) is 73.8 Å². The number of amides is 2. The number of anilines is 2. The molecule has 2 aliphatic heterocycles. The van der Waals surface area contributed by atoms with Crippen molar-refractivity contribution in [2.45, 2.75) is 25.8 Å². The van der Waals surface area contributed by atoms with E-state index >= 15 is 0 Å². The molecule has 0 aliphatic carbocycles. The van der Waals surface area contributed by atoms with E-state index in [4.69, 9.17) is 9.47 Å². The topological polar surface area (TPSA) is 105 Å². The van der Waals surface area contributed by atoms with Gasteiger partial charge in [0.15, 0.2) is 0 Å². The molecule has 1 fully saturated rings. The lowest BCUT2D eigenvalue weighted by atomic mass is 9.93. The molecule has 1 atom stereocenters. The number of Topliss-reactive ketones (excluding diaryl/α,β-unsaturated/α-hetero) is 1. The number of nitrogens with zero attached hydrogens (tertiary/aromatic N) is 1. The number of hydrogen-bond acceptors (Lipinski definition) is 6. The van der Waals surface area contributed by atoms with Crippen LogP contribution in [0.5, 0.6) is 11.5 Å². The molecule has 0 radical (unpaired) electrons. The summed E-state index contributed by atoms with van der Waals surface area (Å²) in [6, 6.07) is 18.1. The molecule has 0 aromatic heterocycles. The Morgan fingerprint density at radius 3 is 2.59 bits per heavy atom. The van der Waals surface area contributed by atoms with Crippen molar-refractivity contribution in [3.8, 4) is 11.5 Å². The third-order valence-electron chi connectivity index (χ3n) is 6.50. The molecule has 1 unspecified atom stereocenters. The van der Waals surface area contributed by atoms with Crippen LogP contribution in [0.4, 0.5) is 11.4 Å². The van der Waals surface area contributed by atoms with Gasteiger partial charge in [0.2, 0.25) is 5.91 Å². The minimum absolute atomic E-state index is 0.0169. The Hall–Kier alpha value is -4.59. The molecule has 188 valence electrons. The van der Waals surface area contributed by atoms with Crippen LogP contribution in [0.2, 0.25) is 0 Å². The molecule has 0 bridgehead atoms. The van der Waals surface area contributed by atoms with Crippen molar-refractivity contribution in [1.82, 2.24) is 0 Å². The number of rotatable bonds is 5. The summed E-state index contributed by atoms with van der Waals surface area (Å²) in [6.07, 6.45) is 1.65. The van der Waals surface area contributed by atoms with Crippen LogP contribution >= 0.6 is 0 Å². The second-order valence-corrected chi connectivity index (χ2v) is 8.95. The summed E-state index contributed by atoms with van der Waals surface area (Å²) in [4.78, 5) is 39.8. The third kappa shape index (κ3) is 4.53. The number of fused-ring (bicyclic) bond motifs is 1. The molecule has 3 aromatic rings. The van der Waals surface area contributed by atoms with Crippen molar-refractivity contribution in [3.63, 3.8) is 0 Å². The van der Waals surface area contributed by atoms with Crippen LogP contribution in [0.3, 0.4) is 0 Å². The number of carbonyl (C=O) groups is 3. The number of nitrogens with one attached hydrogen (secondary N) is 1. The molecular weight excluding hydrogens is 472 g/mol. The quantitative estimate of drug-likeness (QED) is 0.303. The summed E-state index contributed by atoms with van der Waals surface area (Å²) in [7, 11) is 1.55. The lowest BCUT2D eigenvalue weighted by Crippen LogP contribution is -2.29. The van der Waals surface area contributed by atoms with Crippen LogP contribution < -0.4 is 19.7 Å². The standard InChI is InChI=1S/C29H26N2O6/c1-17(32)30-21-6-3-7-22(16-21)31-26(18-8-11-23(36-2)12-9-18)25(28(34)29(31)35)27(33)20-10-13-24-19(15-20)5-4-14-37-24/h3,6-13,15-16,26,33H,4-5,14H2,1-2H3,(H,30,32)/b27-25-. The molecule has 37 heavy (non-hydrogen) atoms. The molecule has 5 rings (SSSR count). The van der Waals surface area contributed by atoms with Crippen LogP contribution in [0.1, 0.15) is 36.1 Å². The molecule has 3 aromatic carbocycles. The number of carbonyl (C=O) groups excluding carboxylic acids is 3. The number of aryl methyl sites for hydroxylation is 1. The zero-order chi connectivity index (χ0) is 26.1. The molecule has 0 spiro atoms. The predicted octanol–water partition coefficient (Wildman–Crippen LogP) is 4.60. The molecule has 8 heteroatoms. The number of aliphatic hydroxyl groups is 1. The van der Waals surface area contributed by atoms with Crippen molar-refractivity contribution >= 4 is 34.7 Å². The van der Waals surface area contributed by atoms with Crippen LogP contribution in [0, 0.1) is 0 Å². The van der Waals surface area contributed by atoms with Gasteiger partial charge >= 0.3 is 0 Å². The predicted molar refractivity (Wildman–Crippen MR) is 139 cm³/mol. The van der Waals surface area contributed by atoms with E-state index in [1.807, 2.05) is 0 Å². The molecule has 2 amide bonds. The van der Waals surface area contributed by atoms with E-state index in [-0.39, 0.29) is 17.2 Å². The second-order valence-electron chi connectivity index (χ2n) is 8.95. The Balaban J connectivity index is 1.67.